The minimum absolute atomic E-state index is 0.0390. The van der Waals surface area contributed by atoms with E-state index in [0.29, 0.717) is 6.42 Å². The number of aryl methyl sites for hydroxylation is 3. The lowest BCUT2D eigenvalue weighted by atomic mass is 10.0. The smallest absolute Gasteiger partial charge is 0.0850 e. The van der Waals surface area contributed by atoms with Crippen molar-refractivity contribution in [3.63, 3.8) is 0 Å². The Balaban J connectivity index is 2.35. The molecule has 2 aromatic rings. The molecule has 21 heavy (non-hydrogen) atoms. The fraction of sp³-hybridized carbons (Fsp3) is 0.571. The second-order valence-electron chi connectivity index (χ2n) is 5.11. The third-order valence-corrected chi connectivity index (χ3v) is 4.38. The zero-order valence-electron chi connectivity index (χ0n) is 13.0. The van der Waals surface area contributed by atoms with Crippen molar-refractivity contribution >= 4 is 11.6 Å². The Bertz CT molecular complexity index is 615. The van der Waals surface area contributed by atoms with Crippen molar-refractivity contribution < 1.29 is 0 Å². The summed E-state index contributed by atoms with van der Waals surface area (Å²) in [5, 5.41) is 9.58. The van der Waals surface area contributed by atoms with Gasteiger partial charge in [0, 0.05) is 31.3 Å². The third kappa shape index (κ3) is 2.97. The molecule has 0 spiro atoms. The molecule has 0 aliphatic carbocycles. The summed E-state index contributed by atoms with van der Waals surface area (Å²) < 4.78 is 3.80. The molecular formula is C14H23ClN6. The van der Waals surface area contributed by atoms with E-state index in [-0.39, 0.29) is 6.04 Å². The topological polar surface area (TPSA) is 73.7 Å². The molecular weight excluding hydrogens is 288 g/mol. The maximum Gasteiger partial charge on any atom is 0.0850 e. The van der Waals surface area contributed by atoms with Crippen LogP contribution in [-0.4, -0.2) is 19.6 Å². The van der Waals surface area contributed by atoms with Gasteiger partial charge in [0.1, 0.15) is 0 Å². The zero-order valence-corrected chi connectivity index (χ0v) is 13.8. The molecule has 0 amide bonds. The van der Waals surface area contributed by atoms with Crippen LogP contribution in [0.1, 0.15) is 42.5 Å². The fourth-order valence-corrected chi connectivity index (χ4v) is 2.87. The third-order valence-electron chi connectivity index (χ3n) is 3.94. The van der Waals surface area contributed by atoms with Crippen LogP contribution in [0.4, 0.5) is 0 Å². The van der Waals surface area contributed by atoms with Crippen LogP contribution in [0, 0.1) is 6.92 Å². The molecule has 6 nitrogen and oxygen atoms in total. The number of nitrogens with two attached hydrogens (primary N) is 1. The number of hydrogen-bond donors (Lipinski definition) is 2. The van der Waals surface area contributed by atoms with Crippen LogP contribution in [0.5, 0.6) is 0 Å². The molecule has 7 heteroatoms. The van der Waals surface area contributed by atoms with Crippen molar-refractivity contribution in [3.05, 3.63) is 33.9 Å². The average Bonchev–Trinajstić information content (AvgIpc) is 2.98. The first kappa shape index (κ1) is 16.0. The standard InChI is InChI=1S/C14H23ClN6/c1-5-11-14(15)13(21(6-2)19-11)7-12(18-16)10-8-17-20(4)9(10)3/h8,12,18H,5-7,16H2,1-4H3. The first-order valence-electron chi connectivity index (χ1n) is 7.22. The lowest BCUT2D eigenvalue weighted by Crippen LogP contribution is -2.30. The Kier molecular flexibility index (Phi) is 5.03. The highest BCUT2D eigenvalue weighted by molar-refractivity contribution is 6.31. The Morgan fingerprint density at radius 2 is 2.14 bits per heavy atom. The summed E-state index contributed by atoms with van der Waals surface area (Å²) in [6, 6.07) is -0.0390. The maximum absolute atomic E-state index is 6.47. The van der Waals surface area contributed by atoms with Gasteiger partial charge in [0.2, 0.25) is 0 Å². The van der Waals surface area contributed by atoms with Gasteiger partial charge in [0.25, 0.3) is 0 Å². The van der Waals surface area contributed by atoms with E-state index in [1.807, 2.05) is 29.5 Å². The number of nitrogens with zero attached hydrogens (tertiary/aromatic N) is 4. The molecule has 0 aliphatic rings. The predicted octanol–water partition coefficient (Wildman–Crippen LogP) is 1.91. The van der Waals surface area contributed by atoms with Crippen molar-refractivity contribution in [1.29, 1.82) is 0 Å². The summed E-state index contributed by atoms with van der Waals surface area (Å²) in [5.41, 5.74) is 7.00. The van der Waals surface area contributed by atoms with Crippen LogP contribution in [0.2, 0.25) is 5.02 Å². The van der Waals surface area contributed by atoms with E-state index in [4.69, 9.17) is 17.4 Å². The van der Waals surface area contributed by atoms with Crippen LogP contribution in [0.3, 0.4) is 0 Å². The lowest BCUT2D eigenvalue weighted by molar-refractivity contribution is 0.514. The van der Waals surface area contributed by atoms with Gasteiger partial charge in [-0.1, -0.05) is 18.5 Å². The monoisotopic (exact) mass is 310 g/mol. The van der Waals surface area contributed by atoms with Crippen molar-refractivity contribution in [2.24, 2.45) is 12.9 Å². The molecule has 3 N–H and O–H groups in total. The average molecular weight is 311 g/mol. The van der Waals surface area contributed by atoms with Crippen LogP contribution < -0.4 is 11.3 Å². The fourth-order valence-electron chi connectivity index (χ4n) is 2.52. The maximum atomic E-state index is 6.47. The summed E-state index contributed by atoms with van der Waals surface area (Å²) in [7, 11) is 1.92. The molecule has 0 fully saturated rings. The van der Waals surface area contributed by atoms with Gasteiger partial charge in [0.15, 0.2) is 0 Å². The summed E-state index contributed by atoms with van der Waals surface area (Å²) in [6.07, 6.45) is 3.36. The van der Waals surface area contributed by atoms with Gasteiger partial charge in [-0.05, 0) is 20.3 Å². The molecule has 1 unspecified atom stereocenters. The highest BCUT2D eigenvalue weighted by Gasteiger charge is 2.21. The Labute approximate surface area is 130 Å². The van der Waals surface area contributed by atoms with Crippen molar-refractivity contribution in [1.82, 2.24) is 25.0 Å². The van der Waals surface area contributed by atoms with Gasteiger partial charge in [-0.3, -0.25) is 20.6 Å². The molecule has 2 heterocycles. The van der Waals surface area contributed by atoms with Crippen molar-refractivity contribution in [2.45, 2.75) is 46.2 Å². The SMILES string of the molecule is CCc1nn(CC)c(CC(NN)c2cnn(C)c2C)c1Cl. The van der Waals surface area contributed by atoms with Gasteiger partial charge in [-0.25, -0.2) is 0 Å². The van der Waals surface area contributed by atoms with Gasteiger partial charge in [-0.15, -0.1) is 0 Å². The van der Waals surface area contributed by atoms with E-state index in [1.54, 1.807) is 0 Å². The van der Waals surface area contributed by atoms with E-state index in [2.05, 4.69) is 29.5 Å². The Morgan fingerprint density at radius 1 is 1.43 bits per heavy atom. The number of rotatable bonds is 6. The van der Waals surface area contributed by atoms with E-state index in [9.17, 15) is 0 Å². The minimum atomic E-state index is -0.0390. The van der Waals surface area contributed by atoms with Gasteiger partial charge in [0.05, 0.1) is 28.6 Å². The number of aromatic nitrogens is 4. The predicted molar refractivity (Wildman–Crippen MR) is 84.0 cm³/mol. The highest BCUT2D eigenvalue weighted by atomic mass is 35.5. The summed E-state index contributed by atoms with van der Waals surface area (Å²) in [4.78, 5) is 0. The van der Waals surface area contributed by atoms with Crippen molar-refractivity contribution in [2.75, 3.05) is 0 Å². The van der Waals surface area contributed by atoms with Gasteiger partial charge in [-0.2, -0.15) is 10.2 Å². The second kappa shape index (κ2) is 6.60. The van der Waals surface area contributed by atoms with Gasteiger partial charge >= 0.3 is 0 Å². The minimum Gasteiger partial charge on any atom is -0.273 e. The molecule has 0 saturated heterocycles. The Morgan fingerprint density at radius 3 is 2.62 bits per heavy atom. The van der Waals surface area contributed by atoms with Crippen LogP contribution in [0.15, 0.2) is 6.20 Å². The number of hydrazine groups is 1. The van der Waals surface area contributed by atoms with Crippen LogP contribution in [0.25, 0.3) is 0 Å². The van der Waals surface area contributed by atoms with E-state index < -0.39 is 0 Å². The molecule has 0 bridgehead atoms. The molecule has 1 atom stereocenters. The number of nitrogens with one attached hydrogen (secondary N) is 1. The molecule has 0 saturated carbocycles. The summed E-state index contributed by atoms with van der Waals surface area (Å²) >= 11 is 6.47. The number of halogens is 1. The second-order valence-corrected chi connectivity index (χ2v) is 5.49. The normalized spacial score (nSPS) is 12.9. The summed E-state index contributed by atoms with van der Waals surface area (Å²) in [5.74, 6) is 5.75. The lowest BCUT2D eigenvalue weighted by Gasteiger charge is -2.16. The zero-order chi connectivity index (χ0) is 15.6. The van der Waals surface area contributed by atoms with Gasteiger partial charge < -0.3 is 0 Å². The first-order chi connectivity index (χ1) is 10.0. The Hall–Kier alpha value is -1.37. The van der Waals surface area contributed by atoms with E-state index >= 15 is 0 Å². The van der Waals surface area contributed by atoms with Crippen molar-refractivity contribution in [3.8, 4) is 0 Å². The molecule has 0 aliphatic heterocycles. The van der Waals surface area contributed by atoms with E-state index in [1.165, 1.54) is 0 Å². The highest BCUT2D eigenvalue weighted by Crippen LogP contribution is 2.27. The van der Waals surface area contributed by atoms with Crippen LogP contribution in [-0.2, 0) is 26.4 Å². The molecule has 116 valence electrons. The largest absolute Gasteiger partial charge is 0.273 e. The molecule has 0 radical (unpaired) electrons. The molecule has 2 rings (SSSR count). The van der Waals surface area contributed by atoms with Crippen LogP contribution >= 0.6 is 11.6 Å². The molecule has 2 aromatic heterocycles. The van der Waals surface area contributed by atoms with E-state index in [0.717, 1.165) is 40.6 Å². The molecule has 0 aromatic carbocycles. The quantitative estimate of drug-likeness (QED) is 0.631. The number of hydrogen-bond acceptors (Lipinski definition) is 4. The summed E-state index contributed by atoms with van der Waals surface area (Å²) in [6.45, 7) is 6.94. The first-order valence-corrected chi connectivity index (χ1v) is 7.59.